The minimum absolute atomic E-state index is 0.235. The van der Waals surface area contributed by atoms with Crippen LogP contribution in [0.3, 0.4) is 0 Å². The summed E-state index contributed by atoms with van der Waals surface area (Å²) in [5.41, 5.74) is 0.679. The van der Waals surface area contributed by atoms with Gasteiger partial charge in [-0.1, -0.05) is 11.3 Å². The van der Waals surface area contributed by atoms with E-state index in [0.29, 0.717) is 22.1 Å². The molecule has 0 atom stereocenters. The number of hydrogen-bond donors (Lipinski definition) is 1. The van der Waals surface area contributed by atoms with E-state index in [1.54, 1.807) is 32.4 Å². The molecular weight excluding hydrogens is 292 g/mol. The number of fused-ring (bicyclic) bond motifs is 1. The van der Waals surface area contributed by atoms with E-state index in [-0.39, 0.29) is 11.7 Å². The third-order valence-electron chi connectivity index (χ3n) is 2.85. The van der Waals surface area contributed by atoms with Gasteiger partial charge >= 0.3 is 0 Å². The second-order valence-corrected chi connectivity index (χ2v) is 5.16. The first-order valence-corrected chi connectivity index (χ1v) is 6.90. The molecule has 0 aliphatic heterocycles. The lowest BCUT2D eigenvalue weighted by atomic mass is 10.3. The number of amides is 1. The molecule has 0 saturated heterocycles. The number of furan rings is 1. The first kappa shape index (κ1) is 13.4. The predicted molar refractivity (Wildman–Crippen MR) is 79.4 cm³/mol. The lowest BCUT2D eigenvalue weighted by Crippen LogP contribution is -2.10. The Bertz CT molecular complexity index is 780. The van der Waals surface area contributed by atoms with Crippen LogP contribution in [0.1, 0.15) is 10.6 Å². The van der Waals surface area contributed by atoms with Crippen LogP contribution in [-0.4, -0.2) is 25.1 Å². The zero-order valence-electron chi connectivity index (χ0n) is 11.4. The molecule has 1 aromatic carbocycles. The smallest absolute Gasteiger partial charge is 0.293 e. The van der Waals surface area contributed by atoms with Crippen LogP contribution in [0.4, 0.5) is 5.13 Å². The van der Waals surface area contributed by atoms with Crippen LogP contribution in [0.2, 0.25) is 0 Å². The Morgan fingerprint density at radius 3 is 2.86 bits per heavy atom. The summed E-state index contributed by atoms with van der Waals surface area (Å²) in [6.45, 7) is 0. The maximum absolute atomic E-state index is 11.9. The molecule has 108 valence electrons. The van der Waals surface area contributed by atoms with Gasteiger partial charge in [0.15, 0.2) is 10.9 Å². The van der Waals surface area contributed by atoms with E-state index in [0.717, 1.165) is 4.70 Å². The number of aromatic nitrogens is 1. The molecule has 3 rings (SSSR count). The zero-order chi connectivity index (χ0) is 14.8. The van der Waals surface area contributed by atoms with Crippen molar-refractivity contribution in [3.63, 3.8) is 0 Å². The lowest BCUT2D eigenvalue weighted by Gasteiger charge is -2.03. The molecule has 1 amide bonds. The maximum atomic E-state index is 11.9. The molecule has 6 nitrogen and oxygen atoms in total. The fourth-order valence-electron chi connectivity index (χ4n) is 1.87. The SMILES string of the molecule is COc1cc(OC)c2nc(NC(=O)c3ccco3)sc2c1. The average molecular weight is 304 g/mol. The minimum atomic E-state index is -0.343. The van der Waals surface area contributed by atoms with E-state index in [1.807, 2.05) is 6.07 Å². The molecule has 0 bridgehead atoms. The van der Waals surface area contributed by atoms with Crippen molar-refractivity contribution in [3.8, 4) is 11.5 Å². The highest BCUT2D eigenvalue weighted by atomic mass is 32.1. The molecule has 0 fully saturated rings. The number of ether oxygens (including phenoxy) is 2. The van der Waals surface area contributed by atoms with E-state index in [1.165, 1.54) is 17.6 Å². The largest absolute Gasteiger partial charge is 0.497 e. The number of nitrogens with one attached hydrogen (secondary N) is 1. The van der Waals surface area contributed by atoms with Crippen molar-refractivity contribution >= 4 is 32.6 Å². The second kappa shape index (κ2) is 5.45. The van der Waals surface area contributed by atoms with Crippen LogP contribution in [0, 0.1) is 0 Å². The van der Waals surface area contributed by atoms with Gasteiger partial charge in [0.2, 0.25) is 0 Å². The van der Waals surface area contributed by atoms with E-state index in [2.05, 4.69) is 10.3 Å². The van der Waals surface area contributed by atoms with E-state index < -0.39 is 0 Å². The van der Waals surface area contributed by atoms with Gasteiger partial charge in [0.25, 0.3) is 5.91 Å². The summed E-state index contributed by atoms with van der Waals surface area (Å²) in [5, 5.41) is 3.17. The molecule has 0 aliphatic carbocycles. The van der Waals surface area contributed by atoms with E-state index >= 15 is 0 Å². The number of anilines is 1. The van der Waals surface area contributed by atoms with Crippen LogP contribution in [0.15, 0.2) is 34.9 Å². The molecular formula is C14H12N2O4S. The first-order chi connectivity index (χ1) is 10.2. The Kier molecular flexibility index (Phi) is 3.49. The van der Waals surface area contributed by atoms with Crippen LogP contribution in [-0.2, 0) is 0 Å². The van der Waals surface area contributed by atoms with Crippen molar-refractivity contribution in [1.82, 2.24) is 4.98 Å². The van der Waals surface area contributed by atoms with Crippen molar-refractivity contribution in [2.45, 2.75) is 0 Å². The third-order valence-corrected chi connectivity index (χ3v) is 3.77. The average Bonchev–Trinajstić information content (AvgIpc) is 3.14. The van der Waals surface area contributed by atoms with Crippen molar-refractivity contribution < 1.29 is 18.7 Å². The summed E-state index contributed by atoms with van der Waals surface area (Å²) in [7, 11) is 3.15. The normalized spacial score (nSPS) is 10.6. The zero-order valence-corrected chi connectivity index (χ0v) is 12.2. The van der Waals surface area contributed by atoms with Crippen molar-refractivity contribution in [3.05, 3.63) is 36.3 Å². The number of nitrogens with zero attached hydrogens (tertiary/aromatic N) is 1. The van der Waals surface area contributed by atoms with E-state index in [9.17, 15) is 4.79 Å². The molecule has 0 spiro atoms. The predicted octanol–water partition coefficient (Wildman–Crippen LogP) is 3.16. The molecule has 0 aliphatic rings. The summed E-state index contributed by atoms with van der Waals surface area (Å²) in [6, 6.07) is 6.84. The highest BCUT2D eigenvalue weighted by Gasteiger charge is 2.15. The van der Waals surface area contributed by atoms with Crippen LogP contribution >= 0.6 is 11.3 Å². The van der Waals surface area contributed by atoms with Crippen LogP contribution in [0.25, 0.3) is 10.2 Å². The second-order valence-electron chi connectivity index (χ2n) is 4.13. The number of hydrogen-bond acceptors (Lipinski definition) is 6. The van der Waals surface area contributed by atoms with Gasteiger partial charge in [0.05, 0.1) is 25.2 Å². The number of benzene rings is 1. The Morgan fingerprint density at radius 2 is 2.19 bits per heavy atom. The summed E-state index contributed by atoms with van der Waals surface area (Å²) < 4.78 is 16.4. The molecule has 7 heteroatoms. The van der Waals surface area contributed by atoms with Gasteiger partial charge in [-0.3, -0.25) is 10.1 Å². The molecule has 0 radical (unpaired) electrons. The Labute approximate surface area is 124 Å². The first-order valence-electron chi connectivity index (χ1n) is 6.08. The van der Waals surface area contributed by atoms with Crippen molar-refractivity contribution in [2.24, 2.45) is 0 Å². The van der Waals surface area contributed by atoms with Gasteiger partial charge in [0, 0.05) is 6.07 Å². The molecule has 21 heavy (non-hydrogen) atoms. The summed E-state index contributed by atoms with van der Waals surface area (Å²) in [6.07, 6.45) is 1.45. The van der Waals surface area contributed by atoms with Crippen molar-refractivity contribution in [1.29, 1.82) is 0 Å². The van der Waals surface area contributed by atoms with Crippen molar-refractivity contribution in [2.75, 3.05) is 19.5 Å². The van der Waals surface area contributed by atoms with Crippen LogP contribution in [0.5, 0.6) is 11.5 Å². The molecule has 1 N–H and O–H groups in total. The molecule has 0 unspecified atom stereocenters. The number of methoxy groups -OCH3 is 2. The molecule has 0 saturated carbocycles. The molecule has 3 aromatic rings. The summed E-state index contributed by atoms with van der Waals surface area (Å²) in [5.74, 6) is 1.16. The third kappa shape index (κ3) is 2.55. The lowest BCUT2D eigenvalue weighted by molar-refractivity contribution is 0.0996. The number of carbonyl (C=O) groups is 1. The fourth-order valence-corrected chi connectivity index (χ4v) is 2.78. The highest BCUT2D eigenvalue weighted by Crippen LogP contribution is 2.36. The van der Waals surface area contributed by atoms with Gasteiger partial charge in [0.1, 0.15) is 17.0 Å². The summed E-state index contributed by atoms with van der Waals surface area (Å²) in [4.78, 5) is 16.3. The maximum Gasteiger partial charge on any atom is 0.293 e. The highest BCUT2D eigenvalue weighted by molar-refractivity contribution is 7.22. The Morgan fingerprint density at radius 1 is 1.33 bits per heavy atom. The van der Waals surface area contributed by atoms with Crippen LogP contribution < -0.4 is 14.8 Å². The van der Waals surface area contributed by atoms with Gasteiger partial charge in [-0.15, -0.1) is 0 Å². The van der Waals surface area contributed by atoms with Gasteiger partial charge in [-0.2, -0.15) is 0 Å². The Balaban J connectivity index is 1.95. The standard InChI is InChI=1S/C14H12N2O4S/c1-18-8-6-10(19-2)12-11(7-8)21-14(15-12)16-13(17)9-4-3-5-20-9/h3-7H,1-2H3,(H,15,16,17). The number of rotatable bonds is 4. The molecule has 2 heterocycles. The summed E-state index contributed by atoms with van der Waals surface area (Å²) >= 11 is 1.34. The number of thiazole rings is 1. The van der Waals surface area contributed by atoms with Gasteiger partial charge in [-0.05, 0) is 18.2 Å². The topological polar surface area (TPSA) is 73.6 Å². The minimum Gasteiger partial charge on any atom is -0.497 e. The molecule has 2 aromatic heterocycles. The quantitative estimate of drug-likeness (QED) is 0.801. The van der Waals surface area contributed by atoms with Gasteiger partial charge < -0.3 is 13.9 Å². The monoisotopic (exact) mass is 304 g/mol. The van der Waals surface area contributed by atoms with E-state index in [4.69, 9.17) is 13.9 Å². The number of carbonyl (C=O) groups excluding carboxylic acids is 1. The Hall–Kier alpha value is -2.54. The fraction of sp³-hybridized carbons (Fsp3) is 0.143. The van der Waals surface area contributed by atoms with Gasteiger partial charge in [-0.25, -0.2) is 4.98 Å².